The molecule has 3 N–H and O–H groups in total. The first-order chi connectivity index (χ1) is 17.1. The Bertz CT molecular complexity index is 1150. The maximum atomic E-state index is 11.4. The molecule has 0 amide bonds. The molecule has 3 aromatic rings. The molecule has 0 saturated carbocycles. The Morgan fingerprint density at radius 3 is 2.33 bits per heavy atom. The van der Waals surface area contributed by atoms with Gasteiger partial charge in [0.1, 0.15) is 0 Å². The van der Waals surface area contributed by atoms with Crippen LogP contribution in [0.25, 0.3) is 11.1 Å². The fraction of sp³-hybridized carbons (Fsp3) is 0.387. The normalized spacial score (nSPS) is 13.4. The Labute approximate surface area is 215 Å². The first-order valence-corrected chi connectivity index (χ1v) is 12.7. The predicted octanol–water partition coefficient (Wildman–Crippen LogP) is 5.97. The molecule has 3 rings (SSSR count). The molecule has 0 aliphatic rings. The van der Waals surface area contributed by atoms with Gasteiger partial charge in [-0.3, -0.25) is 0 Å². The first-order valence-electron chi connectivity index (χ1n) is 12.7. The number of ether oxygens (including phenoxy) is 1. The summed E-state index contributed by atoms with van der Waals surface area (Å²) in [5.41, 5.74) is 6.40. The van der Waals surface area contributed by atoms with E-state index in [0.29, 0.717) is 17.7 Å². The number of nitrogens with one attached hydrogen (secondary N) is 1. The zero-order valence-corrected chi connectivity index (χ0v) is 22.0. The second kappa shape index (κ2) is 12.3. The average Bonchev–Trinajstić information content (AvgIpc) is 2.86. The number of aromatic carboxylic acids is 1. The number of carboxylic acids is 1. The number of rotatable bonds is 12. The van der Waals surface area contributed by atoms with E-state index in [1.807, 2.05) is 43.3 Å². The van der Waals surface area contributed by atoms with Crippen molar-refractivity contribution in [1.82, 2.24) is 5.32 Å². The predicted molar refractivity (Wildman–Crippen MR) is 146 cm³/mol. The number of carboxylic acid groups (broad SMARTS) is 1. The molecule has 0 radical (unpaired) electrons. The monoisotopic (exact) mass is 489 g/mol. The van der Waals surface area contributed by atoms with Gasteiger partial charge in [-0.1, -0.05) is 67.6 Å². The summed E-state index contributed by atoms with van der Waals surface area (Å²) in [6, 6.07) is 22.0. The number of aliphatic hydroxyl groups is 1. The molecule has 192 valence electrons. The number of benzene rings is 3. The quantitative estimate of drug-likeness (QED) is 0.292. The minimum Gasteiger partial charge on any atom is -0.478 e. The number of aryl methyl sites for hydroxylation is 2. The maximum absolute atomic E-state index is 11.4. The van der Waals surface area contributed by atoms with E-state index in [9.17, 15) is 15.0 Å². The van der Waals surface area contributed by atoms with Crippen molar-refractivity contribution < 1.29 is 19.7 Å². The van der Waals surface area contributed by atoms with Crippen LogP contribution in [-0.4, -0.2) is 41.0 Å². The van der Waals surface area contributed by atoms with Gasteiger partial charge in [-0.15, -0.1) is 0 Å². The molecule has 2 atom stereocenters. The number of β-amino-alcohol motifs (C(OH)–C–C–N with tert-alkyl or cyclic N) is 1. The number of aliphatic hydroxyl groups excluding tert-OH is 1. The van der Waals surface area contributed by atoms with Crippen LogP contribution in [0.1, 0.15) is 66.4 Å². The molecular formula is C31H39NO4. The highest BCUT2D eigenvalue weighted by Gasteiger charge is 2.20. The van der Waals surface area contributed by atoms with Crippen LogP contribution in [0.2, 0.25) is 0 Å². The summed E-state index contributed by atoms with van der Waals surface area (Å²) in [5.74, 6) is -0.927. The minimum absolute atomic E-state index is 0.160. The third-order valence-corrected chi connectivity index (χ3v) is 6.60. The van der Waals surface area contributed by atoms with E-state index >= 15 is 0 Å². The van der Waals surface area contributed by atoms with Crippen molar-refractivity contribution >= 4 is 5.97 Å². The minimum atomic E-state index is -0.927. The zero-order valence-electron chi connectivity index (χ0n) is 22.0. The summed E-state index contributed by atoms with van der Waals surface area (Å²) in [4.78, 5) is 11.4. The van der Waals surface area contributed by atoms with Crippen molar-refractivity contribution in [3.8, 4) is 11.1 Å². The third-order valence-electron chi connectivity index (χ3n) is 6.60. The van der Waals surface area contributed by atoms with E-state index in [-0.39, 0.29) is 18.2 Å². The Hall–Kier alpha value is -2.99. The average molecular weight is 490 g/mol. The molecule has 0 bridgehead atoms. The fourth-order valence-corrected chi connectivity index (χ4v) is 4.45. The smallest absolute Gasteiger partial charge is 0.335 e. The molecule has 0 aliphatic carbocycles. The van der Waals surface area contributed by atoms with Gasteiger partial charge in [0.25, 0.3) is 0 Å². The molecule has 1 unspecified atom stereocenters. The summed E-state index contributed by atoms with van der Waals surface area (Å²) in [5, 5.41) is 23.4. The Morgan fingerprint density at radius 2 is 1.69 bits per heavy atom. The molecule has 0 aliphatic heterocycles. The van der Waals surface area contributed by atoms with Crippen molar-refractivity contribution in [2.45, 2.75) is 65.2 Å². The van der Waals surface area contributed by atoms with E-state index in [4.69, 9.17) is 4.74 Å². The molecule has 5 nitrogen and oxygen atoms in total. The van der Waals surface area contributed by atoms with Gasteiger partial charge in [-0.05, 0) is 80.0 Å². The largest absolute Gasteiger partial charge is 0.478 e. The highest BCUT2D eigenvalue weighted by atomic mass is 16.5. The maximum Gasteiger partial charge on any atom is 0.335 e. The first kappa shape index (κ1) is 27.6. The SMILES string of the molecule is CCc1ccc(CC(C)(C)NC[C@H](O)COC(C)c2ccccc2-c2ccc(C(=O)O)c(C)c2)cc1. The van der Waals surface area contributed by atoms with Crippen LogP contribution in [0.15, 0.2) is 66.7 Å². The molecule has 0 aromatic heterocycles. The highest BCUT2D eigenvalue weighted by molar-refractivity contribution is 5.90. The lowest BCUT2D eigenvalue weighted by atomic mass is 9.94. The summed E-state index contributed by atoms with van der Waals surface area (Å²) < 4.78 is 6.07. The van der Waals surface area contributed by atoms with Crippen molar-refractivity contribution in [3.05, 3.63) is 94.5 Å². The standard InChI is InChI=1S/C31H39NO4/c1-6-23-11-13-24(14-12-23)18-31(4,5)32-19-26(33)20-36-22(3)28-9-7-8-10-29(28)25-15-16-27(30(34)35)21(2)17-25/h7-17,22,26,32-33H,6,18-20H2,1-5H3,(H,34,35)/t22?,26-/m0/s1. The second-order valence-electron chi connectivity index (χ2n) is 10.2. The van der Waals surface area contributed by atoms with E-state index < -0.39 is 12.1 Å². The van der Waals surface area contributed by atoms with E-state index in [1.165, 1.54) is 11.1 Å². The zero-order chi connectivity index (χ0) is 26.3. The van der Waals surface area contributed by atoms with Gasteiger partial charge in [0, 0.05) is 12.1 Å². The molecule has 0 saturated heterocycles. The number of carbonyl (C=O) groups is 1. The molecule has 0 spiro atoms. The van der Waals surface area contributed by atoms with Crippen LogP contribution >= 0.6 is 0 Å². The fourth-order valence-electron chi connectivity index (χ4n) is 4.45. The molecule has 5 heteroatoms. The molecule has 3 aromatic carbocycles. The van der Waals surface area contributed by atoms with Crippen LogP contribution in [0.5, 0.6) is 0 Å². The lowest BCUT2D eigenvalue weighted by molar-refractivity contribution is -0.00397. The topological polar surface area (TPSA) is 78.8 Å². The van der Waals surface area contributed by atoms with Crippen LogP contribution in [0.4, 0.5) is 0 Å². The van der Waals surface area contributed by atoms with E-state index in [2.05, 4.69) is 50.4 Å². The van der Waals surface area contributed by atoms with Crippen LogP contribution in [0, 0.1) is 6.92 Å². The van der Waals surface area contributed by atoms with Gasteiger partial charge >= 0.3 is 5.97 Å². The molecule has 0 heterocycles. The van der Waals surface area contributed by atoms with E-state index in [1.54, 1.807) is 13.0 Å². The highest BCUT2D eigenvalue weighted by Crippen LogP contribution is 2.31. The van der Waals surface area contributed by atoms with Crippen molar-refractivity contribution in [3.63, 3.8) is 0 Å². The summed E-state index contributed by atoms with van der Waals surface area (Å²) in [7, 11) is 0. The molecule has 0 fully saturated rings. The Kier molecular flexibility index (Phi) is 9.43. The number of hydrogen-bond donors (Lipinski definition) is 3. The van der Waals surface area contributed by atoms with E-state index in [0.717, 1.165) is 29.5 Å². The van der Waals surface area contributed by atoms with Gasteiger partial charge in [-0.25, -0.2) is 4.79 Å². The van der Waals surface area contributed by atoms with Gasteiger partial charge in [0.15, 0.2) is 0 Å². The molecular weight excluding hydrogens is 450 g/mol. The molecule has 36 heavy (non-hydrogen) atoms. The van der Waals surface area contributed by atoms with Gasteiger partial charge in [0.2, 0.25) is 0 Å². The van der Waals surface area contributed by atoms with Crippen molar-refractivity contribution in [1.29, 1.82) is 0 Å². The van der Waals surface area contributed by atoms with Crippen LogP contribution in [-0.2, 0) is 17.6 Å². The van der Waals surface area contributed by atoms with Gasteiger partial charge in [-0.2, -0.15) is 0 Å². The van der Waals surface area contributed by atoms with Gasteiger partial charge in [0.05, 0.1) is 24.4 Å². The van der Waals surface area contributed by atoms with Crippen molar-refractivity contribution in [2.75, 3.05) is 13.2 Å². The second-order valence-corrected chi connectivity index (χ2v) is 10.2. The Morgan fingerprint density at radius 1 is 1.03 bits per heavy atom. The lowest BCUT2D eigenvalue weighted by Gasteiger charge is -2.28. The third kappa shape index (κ3) is 7.50. The summed E-state index contributed by atoms with van der Waals surface area (Å²) >= 11 is 0. The number of hydrogen-bond acceptors (Lipinski definition) is 4. The summed E-state index contributed by atoms with van der Waals surface area (Å²) in [6.07, 6.45) is 1.03. The van der Waals surface area contributed by atoms with Crippen molar-refractivity contribution in [2.24, 2.45) is 0 Å². The summed E-state index contributed by atoms with van der Waals surface area (Å²) in [6.45, 7) is 10.9. The lowest BCUT2D eigenvalue weighted by Crippen LogP contribution is -2.46. The van der Waals surface area contributed by atoms with Crippen LogP contribution in [0.3, 0.4) is 0 Å². The van der Waals surface area contributed by atoms with Gasteiger partial charge < -0.3 is 20.3 Å². The van der Waals surface area contributed by atoms with Crippen LogP contribution < -0.4 is 5.32 Å². The Balaban J connectivity index is 1.57.